The molecule has 16 heavy (non-hydrogen) atoms. The molecule has 5 heteroatoms. The van der Waals surface area contributed by atoms with E-state index < -0.39 is 0 Å². The maximum atomic E-state index is 9.64. The minimum atomic E-state index is 0.210. The molecule has 0 aliphatic rings. The third-order valence-electron chi connectivity index (χ3n) is 2.31. The van der Waals surface area contributed by atoms with Crippen LogP contribution in [0.2, 0.25) is 0 Å². The Morgan fingerprint density at radius 1 is 1.31 bits per heavy atom. The lowest BCUT2D eigenvalue weighted by atomic mass is 10.3. The van der Waals surface area contributed by atoms with Crippen molar-refractivity contribution in [1.82, 2.24) is 9.55 Å². The number of hydrogen-bond donors (Lipinski definition) is 1. The lowest BCUT2D eigenvalue weighted by molar-refractivity contribution is 0.468. The van der Waals surface area contributed by atoms with Crippen molar-refractivity contribution in [3.8, 4) is 11.4 Å². The van der Waals surface area contributed by atoms with Crippen LogP contribution in [0.1, 0.15) is 12.7 Å². The molecule has 1 heterocycles. The van der Waals surface area contributed by atoms with E-state index in [0.717, 1.165) is 17.9 Å². The van der Waals surface area contributed by atoms with Gasteiger partial charge < -0.3 is 9.67 Å². The van der Waals surface area contributed by atoms with Crippen molar-refractivity contribution < 1.29 is 5.11 Å². The van der Waals surface area contributed by atoms with Crippen LogP contribution in [-0.4, -0.2) is 14.7 Å². The second-order valence-electron chi connectivity index (χ2n) is 3.33. The summed E-state index contributed by atoms with van der Waals surface area (Å²) in [5, 5.41) is 9.64. The SMILES string of the molecule is CCc1nccn1-c1cc(Br)c(O)c(Br)c1. The fourth-order valence-electron chi connectivity index (χ4n) is 1.52. The second-order valence-corrected chi connectivity index (χ2v) is 5.03. The Labute approximate surface area is 110 Å². The van der Waals surface area contributed by atoms with Gasteiger partial charge >= 0.3 is 0 Å². The van der Waals surface area contributed by atoms with Crippen molar-refractivity contribution in [3.63, 3.8) is 0 Å². The van der Waals surface area contributed by atoms with Gasteiger partial charge in [-0.15, -0.1) is 0 Å². The summed E-state index contributed by atoms with van der Waals surface area (Å²) >= 11 is 6.63. The molecule has 0 radical (unpaired) electrons. The summed E-state index contributed by atoms with van der Waals surface area (Å²) < 4.78 is 3.31. The van der Waals surface area contributed by atoms with E-state index >= 15 is 0 Å². The molecule has 1 aromatic carbocycles. The standard InChI is InChI=1S/C11H10Br2N2O/c1-2-10-14-3-4-15(10)7-5-8(12)11(16)9(13)6-7/h3-6,16H,2H2,1H3. The summed E-state index contributed by atoms with van der Waals surface area (Å²) in [4.78, 5) is 4.26. The van der Waals surface area contributed by atoms with Gasteiger partial charge in [-0.25, -0.2) is 4.98 Å². The third-order valence-corrected chi connectivity index (χ3v) is 3.52. The van der Waals surface area contributed by atoms with Gasteiger partial charge in [-0.3, -0.25) is 0 Å². The van der Waals surface area contributed by atoms with Crippen molar-refractivity contribution in [2.75, 3.05) is 0 Å². The largest absolute Gasteiger partial charge is 0.506 e. The zero-order valence-electron chi connectivity index (χ0n) is 8.61. The second kappa shape index (κ2) is 4.59. The molecule has 84 valence electrons. The number of rotatable bonds is 2. The third kappa shape index (κ3) is 2.01. The first-order valence-corrected chi connectivity index (χ1v) is 6.42. The van der Waals surface area contributed by atoms with E-state index in [1.807, 2.05) is 22.9 Å². The molecule has 2 aromatic rings. The van der Waals surface area contributed by atoms with E-state index in [1.165, 1.54) is 0 Å². The van der Waals surface area contributed by atoms with Crippen molar-refractivity contribution in [2.45, 2.75) is 13.3 Å². The summed E-state index contributed by atoms with van der Waals surface area (Å²) in [5.41, 5.74) is 0.964. The van der Waals surface area contributed by atoms with Gasteiger partial charge in [0.1, 0.15) is 11.6 Å². The van der Waals surface area contributed by atoms with Gasteiger partial charge in [-0.1, -0.05) is 6.92 Å². The first-order valence-electron chi connectivity index (χ1n) is 4.84. The Morgan fingerprint density at radius 2 is 1.94 bits per heavy atom. The zero-order valence-corrected chi connectivity index (χ0v) is 11.8. The van der Waals surface area contributed by atoms with Crippen LogP contribution >= 0.6 is 31.9 Å². The molecule has 0 spiro atoms. The Kier molecular flexibility index (Phi) is 3.35. The minimum Gasteiger partial charge on any atom is -0.506 e. The molecule has 0 aliphatic carbocycles. The van der Waals surface area contributed by atoms with Crippen LogP contribution in [0, 0.1) is 0 Å². The number of nitrogens with zero attached hydrogens (tertiary/aromatic N) is 2. The zero-order chi connectivity index (χ0) is 11.7. The summed E-state index contributed by atoms with van der Waals surface area (Å²) in [6.45, 7) is 2.06. The van der Waals surface area contributed by atoms with Crippen LogP contribution in [0.3, 0.4) is 0 Å². The van der Waals surface area contributed by atoms with E-state index in [2.05, 4.69) is 43.8 Å². The Bertz CT molecular complexity index is 499. The molecule has 2 rings (SSSR count). The molecular formula is C11H10Br2N2O. The summed E-state index contributed by atoms with van der Waals surface area (Å²) in [6.07, 6.45) is 4.54. The van der Waals surface area contributed by atoms with Gasteiger partial charge in [0.2, 0.25) is 0 Å². The number of phenolic OH excluding ortho intramolecular Hbond substituents is 1. The fourth-order valence-corrected chi connectivity index (χ4v) is 2.68. The van der Waals surface area contributed by atoms with Gasteiger partial charge in [0.05, 0.1) is 8.95 Å². The summed E-state index contributed by atoms with van der Waals surface area (Å²) in [7, 11) is 0. The highest BCUT2D eigenvalue weighted by atomic mass is 79.9. The molecule has 0 fully saturated rings. The highest BCUT2D eigenvalue weighted by molar-refractivity contribution is 9.11. The van der Waals surface area contributed by atoms with Gasteiger partial charge in [0.15, 0.2) is 0 Å². The number of imidazole rings is 1. The van der Waals surface area contributed by atoms with Crippen LogP contribution in [-0.2, 0) is 6.42 Å². The maximum Gasteiger partial charge on any atom is 0.144 e. The number of halogens is 2. The molecule has 0 atom stereocenters. The monoisotopic (exact) mass is 344 g/mol. The molecule has 0 bridgehead atoms. The first-order chi connectivity index (χ1) is 7.63. The number of phenols is 1. The number of aromatic hydroxyl groups is 1. The molecular weight excluding hydrogens is 336 g/mol. The van der Waals surface area contributed by atoms with E-state index in [-0.39, 0.29) is 5.75 Å². The Hall–Kier alpha value is -0.810. The van der Waals surface area contributed by atoms with Crippen LogP contribution in [0.25, 0.3) is 5.69 Å². The molecule has 0 unspecified atom stereocenters. The number of hydrogen-bond acceptors (Lipinski definition) is 2. The highest BCUT2D eigenvalue weighted by Crippen LogP contribution is 2.34. The van der Waals surface area contributed by atoms with Gasteiger partial charge in [0.25, 0.3) is 0 Å². The van der Waals surface area contributed by atoms with Gasteiger partial charge in [-0.2, -0.15) is 0 Å². The van der Waals surface area contributed by atoms with Gasteiger partial charge in [-0.05, 0) is 44.0 Å². The van der Waals surface area contributed by atoms with E-state index in [1.54, 1.807) is 6.20 Å². The van der Waals surface area contributed by atoms with Crippen LogP contribution < -0.4 is 0 Å². The number of aryl methyl sites for hydroxylation is 1. The number of aromatic nitrogens is 2. The molecule has 0 saturated carbocycles. The van der Waals surface area contributed by atoms with Crippen LogP contribution in [0.15, 0.2) is 33.5 Å². The van der Waals surface area contributed by atoms with Crippen molar-refractivity contribution in [2.24, 2.45) is 0 Å². The maximum absolute atomic E-state index is 9.64. The topological polar surface area (TPSA) is 38.0 Å². The lowest BCUT2D eigenvalue weighted by Crippen LogP contribution is -1.99. The van der Waals surface area contributed by atoms with Crippen molar-refractivity contribution >= 4 is 31.9 Å². The van der Waals surface area contributed by atoms with Gasteiger partial charge in [0, 0.05) is 24.5 Å². The van der Waals surface area contributed by atoms with Crippen molar-refractivity contribution in [1.29, 1.82) is 0 Å². The predicted octanol–water partition coefficient (Wildman–Crippen LogP) is 3.67. The summed E-state index contributed by atoms with van der Waals surface area (Å²) in [6, 6.07) is 3.72. The first kappa shape index (κ1) is 11.7. The van der Waals surface area contributed by atoms with Crippen LogP contribution in [0.4, 0.5) is 0 Å². The normalized spacial score (nSPS) is 10.7. The molecule has 0 aliphatic heterocycles. The Morgan fingerprint density at radius 3 is 2.50 bits per heavy atom. The molecule has 1 aromatic heterocycles. The van der Waals surface area contributed by atoms with E-state index in [0.29, 0.717) is 8.95 Å². The van der Waals surface area contributed by atoms with E-state index in [9.17, 15) is 5.11 Å². The average molecular weight is 346 g/mol. The highest BCUT2D eigenvalue weighted by Gasteiger charge is 2.09. The Balaban J connectivity index is 2.57. The lowest BCUT2D eigenvalue weighted by Gasteiger charge is -2.09. The van der Waals surface area contributed by atoms with Crippen molar-refractivity contribution in [3.05, 3.63) is 39.3 Å². The van der Waals surface area contributed by atoms with E-state index in [4.69, 9.17) is 0 Å². The molecule has 3 nitrogen and oxygen atoms in total. The number of benzene rings is 1. The fraction of sp³-hybridized carbons (Fsp3) is 0.182. The quantitative estimate of drug-likeness (QED) is 0.901. The molecule has 0 amide bonds. The minimum absolute atomic E-state index is 0.210. The smallest absolute Gasteiger partial charge is 0.144 e. The molecule has 0 saturated heterocycles. The van der Waals surface area contributed by atoms with Crippen LogP contribution in [0.5, 0.6) is 5.75 Å². The average Bonchev–Trinajstić information content (AvgIpc) is 2.73. The summed E-state index contributed by atoms with van der Waals surface area (Å²) in [5.74, 6) is 1.20. The predicted molar refractivity (Wildman–Crippen MR) is 70.0 cm³/mol. The molecule has 1 N–H and O–H groups in total.